The number of fused-ring (bicyclic) bond motifs is 1. The summed E-state index contributed by atoms with van der Waals surface area (Å²) < 4.78 is 5.11. The molecular weight excluding hydrogens is 288 g/mol. The number of hydrogen-bond donors (Lipinski definition) is 2. The summed E-state index contributed by atoms with van der Waals surface area (Å²) in [6.45, 7) is 0.493. The number of aromatic nitrogens is 1. The SMILES string of the molecule is O=C(NCC#Cc1cccc2cc[nH]c12)OCc1ccccc1. The molecule has 2 aromatic carbocycles. The van der Waals surface area contributed by atoms with Gasteiger partial charge in [0, 0.05) is 17.1 Å². The van der Waals surface area contributed by atoms with Gasteiger partial charge in [-0.2, -0.15) is 0 Å². The van der Waals surface area contributed by atoms with Crippen molar-refractivity contribution < 1.29 is 9.53 Å². The first-order valence-electron chi connectivity index (χ1n) is 7.32. The Bertz CT molecular complexity index is 857. The largest absolute Gasteiger partial charge is 0.445 e. The minimum Gasteiger partial charge on any atom is -0.445 e. The van der Waals surface area contributed by atoms with Gasteiger partial charge in [0.15, 0.2) is 0 Å². The zero-order valence-electron chi connectivity index (χ0n) is 12.5. The average molecular weight is 304 g/mol. The predicted octanol–water partition coefficient (Wildman–Crippen LogP) is 3.45. The number of para-hydroxylation sites is 1. The summed E-state index contributed by atoms with van der Waals surface area (Å²) in [6.07, 6.45) is 1.41. The molecular formula is C19H16N2O2. The first kappa shape index (κ1) is 14.7. The van der Waals surface area contributed by atoms with Crippen molar-refractivity contribution in [3.8, 4) is 11.8 Å². The van der Waals surface area contributed by atoms with Crippen LogP contribution >= 0.6 is 0 Å². The van der Waals surface area contributed by atoms with E-state index in [-0.39, 0.29) is 13.2 Å². The Labute approximate surface area is 134 Å². The number of benzene rings is 2. The van der Waals surface area contributed by atoms with Crippen LogP contribution in [0, 0.1) is 11.8 Å². The number of carbonyl (C=O) groups excluding carboxylic acids is 1. The molecule has 0 fully saturated rings. The summed E-state index contributed by atoms with van der Waals surface area (Å²) in [5.74, 6) is 5.98. The maximum atomic E-state index is 11.6. The molecule has 1 amide bonds. The highest BCUT2D eigenvalue weighted by atomic mass is 16.5. The Morgan fingerprint density at radius 2 is 1.96 bits per heavy atom. The fourth-order valence-electron chi connectivity index (χ4n) is 2.22. The number of alkyl carbamates (subject to hydrolysis) is 1. The third-order valence-electron chi connectivity index (χ3n) is 3.34. The minimum absolute atomic E-state index is 0.241. The van der Waals surface area contributed by atoms with E-state index in [4.69, 9.17) is 4.74 Å². The maximum Gasteiger partial charge on any atom is 0.408 e. The average Bonchev–Trinajstić information content (AvgIpc) is 3.07. The molecule has 2 N–H and O–H groups in total. The highest BCUT2D eigenvalue weighted by molar-refractivity contribution is 5.85. The van der Waals surface area contributed by atoms with Gasteiger partial charge in [0.25, 0.3) is 0 Å². The van der Waals surface area contributed by atoms with Crippen LogP contribution in [0.4, 0.5) is 4.79 Å². The molecule has 3 rings (SSSR count). The van der Waals surface area contributed by atoms with E-state index in [2.05, 4.69) is 22.1 Å². The molecule has 3 aromatic rings. The van der Waals surface area contributed by atoms with Crippen LogP contribution in [0.15, 0.2) is 60.8 Å². The van der Waals surface area contributed by atoms with Crippen molar-refractivity contribution in [2.24, 2.45) is 0 Å². The first-order valence-corrected chi connectivity index (χ1v) is 7.32. The summed E-state index contributed by atoms with van der Waals surface area (Å²) >= 11 is 0. The Morgan fingerprint density at radius 3 is 2.83 bits per heavy atom. The standard InChI is InChI=1S/C19H16N2O2/c22-19(23-14-15-6-2-1-3-7-15)21-12-5-10-16-8-4-9-17-11-13-20-18(16)17/h1-4,6-9,11,13,20H,12,14H2,(H,21,22). The molecule has 0 radical (unpaired) electrons. The molecule has 0 atom stereocenters. The number of nitrogens with one attached hydrogen (secondary N) is 2. The van der Waals surface area contributed by atoms with Crippen LogP contribution in [0.1, 0.15) is 11.1 Å². The molecule has 0 aliphatic rings. The molecule has 0 saturated carbocycles. The van der Waals surface area contributed by atoms with E-state index in [1.165, 1.54) is 0 Å². The zero-order chi connectivity index (χ0) is 15.9. The van der Waals surface area contributed by atoms with Crippen molar-refractivity contribution in [1.82, 2.24) is 10.3 Å². The number of carbonyl (C=O) groups is 1. The first-order chi connectivity index (χ1) is 11.3. The fourth-order valence-corrected chi connectivity index (χ4v) is 2.22. The lowest BCUT2D eigenvalue weighted by Gasteiger charge is -2.04. The number of rotatable bonds is 3. The van der Waals surface area contributed by atoms with Gasteiger partial charge in [-0.05, 0) is 17.7 Å². The third kappa shape index (κ3) is 3.92. The van der Waals surface area contributed by atoms with Gasteiger partial charge in [0.1, 0.15) is 6.61 Å². The van der Waals surface area contributed by atoms with E-state index in [0.29, 0.717) is 0 Å². The van der Waals surface area contributed by atoms with Crippen LogP contribution in [0.3, 0.4) is 0 Å². The van der Waals surface area contributed by atoms with Gasteiger partial charge >= 0.3 is 6.09 Å². The molecule has 23 heavy (non-hydrogen) atoms. The van der Waals surface area contributed by atoms with E-state index in [0.717, 1.165) is 22.0 Å². The molecule has 0 aliphatic carbocycles. The maximum absolute atomic E-state index is 11.6. The smallest absolute Gasteiger partial charge is 0.408 e. The molecule has 0 unspecified atom stereocenters. The number of H-pyrrole nitrogens is 1. The van der Waals surface area contributed by atoms with Crippen molar-refractivity contribution >= 4 is 17.0 Å². The summed E-state index contributed by atoms with van der Waals surface area (Å²) in [4.78, 5) is 14.8. The van der Waals surface area contributed by atoms with E-state index in [9.17, 15) is 4.79 Å². The zero-order valence-corrected chi connectivity index (χ0v) is 12.5. The molecule has 0 aliphatic heterocycles. The Hall–Kier alpha value is -3.19. The fraction of sp³-hybridized carbons (Fsp3) is 0.105. The molecule has 4 heteroatoms. The van der Waals surface area contributed by atoms with Crippen LogP contribution < -0.4 is 5.32 Å². The van der Waals surface area contributed by atoms with Crippen molar-refractivity contribution in [3.63, 3.8) is 0 Å². The van der Waals surface area contributed by atoms with E-state index < -0.39 is 6.09 Å². The normalized spacial score (nSPS) is 9.91. The molecule has 0 spiro atoms. The number of ether oxygens (including phenoxy) is 1. The molecule has 4 nitrogen and oxygen atoms in total. The van der Waals surface area contributed by atoms with E-state index in [1.807, 2.05) is 60.8 Å². The second kappa shape index (κ2) is 7.19. The molecule has 0 bridgehead atoms. The van der Waals surface area contributed by atoms with Gasteiger partial charge in [-0.1, -0.05) is 54.3 Å². The lowest BCUT2D eigenvalue weighted by molar-refractivity contribution is 0.141. The van der Waals surface area contributed by atoms with Gasteiger partial charge in [-0.25, -0.2) is 4.79 Å². The predicted molar refractivity (Wildman–Crippen MR) is 89.8 cm³/mol. The molecule has 114 valence electrons. The van der Waals surface area contributed by atoms with E-state index >= 15 is 0 Å². The molecule has 1 heterocycles. The lowest BCUT2D eigenvalue weighted by atomic mass is 10.1. The van der Waals surface area contributed by atoms with Crippen LogP contribution in [0.5, 0.6) is 0 Å². The minimum atomic E-state index is -0.471. The van der Waals surface area contributed by atoms with Gasteiger partial charge in [0.05, 0.1) is 12.1 Å². The highest BCUT2D eigenvalue weighted by Crippen LogP contribution is 2.15. The van der Waals surface area contributed by atoms with Gasteiger partial charge in [0.2, 0.25) is 0 Å². The second-order valence-electron chi connectivity index (χ2n) is 4.96. The van der Waals surface area contributed by atoms with Crippen molar-refractivity contribution in [2.45, 2.75) is 6.61 Å². The van der Waals surface area contributed by atoms with Crippen LogP contribution in [0.2, 0.25) is 0 Å². The van der Waals surface area contributed by atoms with Crippen LogP contribution in [-0.4, -0.2) is 17.6 Å². The number of amides is 1. The second-order valence-corrected chi connectivity index (χ2v) is 4.96. The summed E-state index contributed by atoms with van der Waals surface area (Å²) in [5.41, 5.74) is 2.87. The van der Waals surface area contributed by atoms with Crippen LogP contribution in [-0.2, 0) is 11.3 Å². The van der Waals surface area contributed by atoms with Gasteiger partial charge in [-0.3, -0.25) is 0 Å². The van der Waals surface area contributed by atoms with Crippen LogP contribution in [0.25, 0.3) is 10.9 Å². The number of aromatic amines is 1. The number of hydrogen-bond acceptors (Lipinski definition) is 2. The topological polar surface area (TPSA) is 54.1 Å². The summed E-state index contributed by atoms with van der Waals surface area (Å²) in [5, 5.41) is 3.74. The van der Waals surface area contributed by atoms with Crippen molar-refractivity contribution in [3.05, 3.63) is 71.9 Å². The third-order valence-corrected chi connectivity index (χ3v) is 3.34. The monoisotopic (exact) mass is 304 g/mol. The van der Waals surface area contributed by atoms with Crippen molar-refractivity contribution in [2.75, 3.05) is 6.54 Å². The van der Waals surface area contributed by atoms with Gasteiger partial charge in [-0.15, -0.1) is 0 Å². The molecule has 1 aromatic heterocycles. The van der Waals surface area contributed by atoms with Gasteiger partial charge < -0.3 is 15.0 Å². The van der Waals surface area contributed by atoms with E-state index in [1.54, 1.807) is 0 Å². The highest BCUT2D eigenvalue weighted by Gasteiger charge is 2.01. The lowest BCUT2D eigenvalue weighted by Crippen LogP contribution is -2.24. The summed E-state index contributed by atoms with van der Waals surface area (Å²) in [7, 11) is 0. The Kier molecular flexibility index (Phi) is 4.61. The Morgan fingerprint density at radius 1 is 1.09 bits per heavy atom. The molecule has 0 saturated heterocycles. The summed E-state index contributed by atoms with van der Waals surface area (Å²) in [6, 6.07) is 17.5. The van der Waals surface area contributed by atoms with Crippen molar-refractivity contribution in [1.29, 1.82) is 0 Å². The Balaban J connectivity index is 1.50. The quantitative estimate of drug-likeness (QED) is 0.728.